The zero-order valence-corrected chi connectivity index (χ0v) is 13.0. The molecular weight excluding hydrogens is 240 g/mol. The molecule has 1 unspecified atom stereocenters. The standard InChI is InChI=1S/C16H34O3/c1-3-5-6-7-8-9-10-16(4-2)15-19-14-13-18-12-11-17/h16-17H,3-15H2,1-2H3. The van der Waals surface area contributed by atoms with Gasteiger partial charge in [-0.05, 0) is 12.3 Å². The van der Waals surface area contributed by atoms with Gasteiger partial charge in [0.05, 0.1) is 26.4 Å². The van der Waals surface area contributed by atoms with E-state index < -0.39 is 0 Å². The Morgan fingerprint density at radius 1 is 0.842 bits per heavy atom. The number of ether oxygens (including phenoxy) is 2. The van der Waals surface area contributed by atoms with Gasteiger partial charge in [-0.2, -0.15) is 0 Å². The average molecular weight is 274 g/mol. The van der Waals surface area contributed by atoms with E-state index in [-0.39, 0.29) is 6.61 Å². The van der Waals surface area contributed by atoms with Crippen molar-refractivity contribution in [3.05, 3.63) is 0 Å². The molecule has 116 valence electrons. The fourth-order valence-electron chi connectivity index (χ4n) is 2.15. The third kappa shape index (κ3) is 14.1. The Hall–Kier alpha value is -0.120. The molecule has 3 heteroatoms. The van der Waals surface area contributed by atoms with Gasteiger partial charge in [0.2, 0.25) is 0 Å². The molecule has 1 N–H and O–H groups in total. The maximum atomic E-state index is 8.56. The van der Waals surface area contributed by atoms with E-state index in [2.05, 4.69) is 13.8 Å². The summed E-state index contributed by atoms with van der Waals surface area (Å²) < 4.78 is 10.8. The van der Waals surface area contributed by atoms with Crippen LogP contribution in [-0.4, -0.2) is 38.1 Å². The van der Waals surface area contributed by atoms with Crippen molar-refractivity contribution in [1.82, 2.24) is 0 Å². The third-order valence-electron chi connectivity index (χ3n) is 3.50. The smallest absolute Gasteiger partial charge is 0.0701 e. The maximum absolute atomic E-state index is 8.56. The Kier molecular flexibility index (Phi) is 15.8. The molecule has 0 rings (SSSR count). The van der Waals surface area contributed by atoms with Crippen molar-refractivity contribution in [2.24, 2.45) is 5.92 Å². The molecule has 0 aliphatic rings. The molecular formula is C16H34O3. The van der Waals surface area contributed by atoms with Crippen LogP contribution < -0.4 is 0 Å². The second kappa shape index (κ2) is 15.9. The Morgan fingerprint density at radius 3 is 2.21 bits per heavy atom. The van der Waals surface area contributed by atoms with E-state index in [1.807, 2.05) is 0 Å². The van der Waals surface area contributed by atoms with Crippen molar-refractivity contribution in [2.75, 3.05) is 33.0 Å². The molecule has 0 radical (unpaired) electrons. The number of unbranched alkanes of at least 4 members (excludes halogenated alkanes) is 5. The number of aliphatic hydroxyl groups is 1. The van der Waals surface area contributed by atoms with E-state index in [0.29, 0.717) is 25.7 Å². The lowest BCUT2D eigenvalue weighted by Crippen LogP contribution is -2.13. The normalized spacial score (nSPS) is 12.8. The zero-order chi connectivity index (χ0) is 14.2. The van der Waals surface area contributed by atoms with Gasteiger partial charge in [-0.25, -0.2) is 0 Å². The van der Waals surface area contributed by atoms with E-state index in [1.54, 1.807) is 0 Å². The van der Waals surface area contributed by atoms with E-state index in [4.69, 9.17) is 14.6 Å². The molecule has 0 saturated carbocycles. The van der Waals surface area contributed by atoms with E-state index in [0.717, 1.165) is 6.61 Å². The van der Waals surface area contributed by atoms with Crippen molar-refractivity contribution in [3.8, 4) is 0 Å². The van der Waals surface area contributed by atoms with E-state index in [9.17, 15) is 0 Å². The van der Waals surface area contributed by atoms with Crippen molar-refractivity contribution in [3.63, 3.8) is 0 Å². The Morgan fingerprint density at radius 2 is 1.53 bits per heavy atom. The molecule has 0 spiro atoms. The Bertz CT molecular complexity index is 146. The van der Waals surface area contributed by atoms with Crippen LogP contribution in [0.4, 0.5) is 0 Å². The van der Waals surface area contributed by atoms with Gasteiger partial charge in [0.25, 0.3) is 0 Å². The van der Waals surface area contributed by atoms with Crippen LogP contribution in [-0.2, 0) is 9.47 Å². The van der Waals surface area contributed by atoms with Crippen molar-refractivity contribution in [1.29, 1.82) is 0 Å². The van der Waals surface area contributed by atoms with Crippen LogP contribution in [0, 0.1) is 5.92 Å². The number of aliphatic hydroxyl groups excluding tert-OH is 1. The van der Waals surface area contributed by atoms with Gasteiger partial charge in [0.15, 0.2) is 0 Å². The molecule has 0 amide bonds. The van der Waals surface area contributed by atoms with E-state index in [1.165, 1.54) is 51.4 Å². The maximum Gasteiger partial charge on any atom is 0.0701 e. The van der Waals surface area contributed by atoms with Crippen LogP contribution in [0.1, 0.15) is 65.2 Å². The second-order valence-corrected chi connectivity index (χ2v) is 5.24. The highest BCUT2D eigenvalue weighted by Gasteiger charge is 2.06. The summed E-state index contributed by atoms with van der Waals surface area (Å²) in [6, 6.07) is 0. The van der Waals surface area contributed by atoms with Crippen LogP contribution in [0.25, 0.3) is 0 Å². The van der Waals surface area contributed by atoms with Gasteiger partial charge in [-0.1, -0.05) is 58.8 Å². The lowest BCUT2D eigenvalue weighted by Gasteiger charge is -2.15. The van der Waals surface area contributed by atoms with Crippen molar-refractivity contribution >= 4 is 0 Å². The van der Waals surface area contributed by atoms with Gasteiger partial charge >= 0.3 is 0 Å². The molecule has 0 fully saturated rings. The summed E-state index contributed by atoms with van der Waals surface area (Å²) in [5.74, 6) is 0.698. The minimum absolute atomic E-state index is 0.0929. The first-order valence-corrected chi connectivity index (χ1v) is 8.11. The fraction of sp³-hybridized carbons (Fsp3) is 1.00. The molecule has 3 nitrogen and oxygen atoms in total. The topological polar surface area (TPSA) is 38.7 Å². The molecule has 0 saturated heterocycles. The first-order chi connectivity index (χ1) is 9.35. The summed E-state index contributed by atoms with van der Waals surface area (Å²) in [5, 5.41) is 8.56. The Labute approximate surface area is 119 Å². The van der Waals surface area contributed by atoms with Crippen LogP contribution in [0.3, 0.4) is 0 Å². The van der Waals surface area contributed by atoms with E-state index >= 15 is 0 Å². The highest BCUT2D eigenvalue weighted by atomic mass is 16.5. The number of hydrogen-bond acceptors (Lipinski definition) is 3. The van der Waals surface area contributed by atoms with Gasteiger partial charge in [0, 0.05) is 6.61 Å². The Balaban J connectivity index is 3.30. The molecule has 1 atom stereocenters. The second-order valence-electron chi connectivity index (χ2n) is 5.24. The van der Waals surface area contributed by atoms with Crippen LogP contribution in [0.15, 0.2) is 0 Å². The summed E-state index contributed by atoms with van der Waals surface area (Å²) >= 11 is 0. The lowest BCUT2D eigenvalue weighted by molar-refractivity contribution is 0.0203. The summed E-state index contributed by atoms with van der Waals surface area (Å²) in [7, 11) is 0. The summed E-state index contributed by atoms with van der Waals surface area (Å²) in [6.45, 7) is 7.10. The number of rotatable bonds is 15. The molecule has 0 aliphatic heterocycles. The quantitative estimate of drug-likeness (QED) is 0.462. The van der Waals surface area contributed by atoms with Gasteiger partial charge < -0.3 is 14.6 Å². The van der Waals surface area contributed by atoms with Crippen molar-refractivity contribution < 1.29 is 14.6 Å². The summed E-state index contributed by atoms with van der Waals surface area (Å²) in [6.07, 6.45) is 10.7. The van der Waals surface area contributed by atoms with Gasteiger partial charge in [0.1, 0.15) is 0 Å². The molecule has 0 heterocycles. The largest absolute Gasteiger partial charge is 0.394 e. The summed E-state index contributed by atoms with van der Waals surface area (Å²) in [4.78, 5) is 0. The lowest BCUT2D eigenvalue weighted by atomic mass is 9.99. The average Bonchev–Trinajstić information content (AvgIpc) is 2.44. The monoisotopic (exact) mass is 274 g/mol. The summed E-state index contributed by atoms with van der Waals surface area (Å²) in [5.41, 5.74) is 0. The first kappa shape index (κ1) is 18.9. The molecule has 0 aliphatic carbocycles. The number of hydrogen-bond donors (Lipinski definition) is 1. The molecule has 19 heavy (non-hydrogen) atoms. The SMILES string of the molecule is CCCCCCCCC(CC)COCCOCCO. The molecule has 0 aromatic carbocycles. The van der Waals surface area contributed by atoms with Crippen LogP contribution in [0.2, 0.25) is 0 Å². The molecule has 0 aromatic heterocycles. The van der Waals surface area contributed by atoms with Crippen LogP contribution in [0.5, 0.6) is 0 Å². The zero-order valence-electron chi connectivity index (χ0n) is 13.0. The minimum Gasteiger partial charge on any atom is -0.394 e. The molecule has 0 bridgehead atoms. The van der Waals surface area contributed by atoms with Crippen LogP contribution >= 0.6 is 0 Å². The highest BCUT2D eigenvalue weighted by Crippen LogP contribution is 2.15. The first-order valence-electron chi connectivity index (χ1n) is 8.11. The van der Waals surface area contributed by atoms with Crippen molar-refractivity contribution in [2.45, 2.75) is 65.2 Å². The predicted octanol–water partition coefficient (Wildman–Crippen LogP) is 3.79. The third-order valence-corrected chi connectivity index (χ3v) is 3.50. The minimum atomic E-state index is 0.0929. The highest BCUT2D eigenvalue weighted by molar-refractivity contribution is 4.57. The van der Waals surface area contributed by atoms with Gasteiger partial charge in [-0.15, -0.1) is 0 Å². The fourth-order valence-corrected chi connectivity index (χ4v) is 2.15. The molecule has 0 aromatic rings. The van der Waals surface area contributed by atoms with Gasteiger partial charge in [-0.3, -0.25) is 0 Å². The predicted molar refractivity (Wildman–Crippen MR) is 80.5 cm³/mol.